The standard InChI is InChI=1S/C14H17FN4O2S/c1-3-19(4-2)14-10-9-13(16-17-14)18-22(20,21)12-7-5-11(15)6-8-12/h5-10H,3-4H2,1-2H3,(H,16,18). The maximum Gasteiger partial charge on any atom is 0.263 e. The van der Waals surface area contributed by atoms with Crippen LogP contribution in [0.2, 0.25) is 0 Å². The Morgan fingerprint density at radius 2 is 1.68 bits per heavy atom. The Morgan fingerprint density at radius 1 is 1.05 bits per heavy atom. The maximum atomic E-state index is 12.8. The van der Waals surface area contributed by atoms with E-state index in [9.17, 15) is 12.8 Å². The number of hydrogen-bond donors (Lipinski definition) is 1. The van der Waals surface area contributed by atoms with Crippen molar-refractivity contribution in [2.75, 3.05) is 22.7 Å². The van der Waals surface area contributed by atoms with Crippen LogP contribution in [-0.2, 0) is 10.0 Å². The van der Waals surface area contributed by atoms with Crippen LogP contribution in [0.25, 0.3) is 0 Å². The van der Waals surface area contributed by atoms with Crippen LogP contribution in [-0.4, -0.2) is 31.7 Å². The summed E-state index contributed by atoms with van der Waals surface area (Å²) in [4.78, 5) is 1.95. The van der Waals surface area contributed by atoms with Crippen LogP contribution in [0.15, 0.2) is 41.3 Å². The van der Waals surface area contributed by atoms with Gasteiger partial charge in [0.25, 0.3) is 10.0 Å². The normalized spacial score (nSPS) is 11.2. The highest BCUT2D eigenvalue weighted by Crippen LogP contribution is 2.16. The second kappa shape index (κ2) is 6.69. The van der Waals surface area contributed by atoms with E-state index in [0.29, 0.717) is 5.82 Å². The van der Waals surface area contributed by atoms with Gasteiger partial charge in [-0.3, -0.25) is 4.72 Å². The predicted octanol–water partition coefficient (Wildman–Crippen LogP) is 2.26. The lowest BCUT2D eigenvalue weighted by atomic mass is 10.4. The molecular weight excluding hydrogens is 307 g/mol. The molecule has 0 aliphatic heterocycles. The van der Waals surface area contributed by atoms with Crippen molar-refractivity contribution in [3.63, 3.8) is 0 Å². The zero-order valence-electron chi connectivity index (χ0n) is 12.3. The van der Waals surface area contributed by atoms with Crippen molar-refractivity contribution in [2.24, 2.45) is 0 Å². The number of sulfonamides is 1. The highest BCUT2D eigenvalue weighted by Gasteiger charge is 2.15. The van der Waals surface area contributed by atoms with E-state index in [1.165, 1.54) is 12.1 Å². The fraction of sp³-hybridized carbons (Fsp3) is 0.286. The summed E-state index contributed by atoms with van der Waals surface area (Å²) in [6.45, 7) is 5.56. The second-order valence-electron chi connectivity index (χ2n) is 4.51. The summed E-state index contributed by atoms with van der Waals surface area (Å²) < 4.78 is 39.4. The average molecular weight is 324 g/mol. The zero-order valence-corrected chi connectivity index (χ0v) is 13.1. The summed E-state index contributed by atoms with van der Waals surface area (Å²) in [5, 5.41) is 7.87. The van der Waals surface area contributed by atoms with Gasteiger partial charge in [0.1, 0.15) is 5.82 Å². The Kier molecular flexibility index (Phi) is 4.92. The summed E-state index contributed by atoms with van der Waals surface area (Å²) in [6, 6.07) is 7.79. The van der Waals surface area contributed by atoms with Gasteiger partial charge in [-0.1, -0.05) is 0 Å². The predicted molar refractivity (Wildman–Crippen MR) is 82.8 cm³/mol. The van der Waals surface area contributed by atoms with Crippen LogP contribution >= 0.6 is 0 Å². The Morgan fingerprint density at radius 3 is 2.18 bits per heavy atom. The van der Waals surface area contributed by atoms with Crippen molar-refractivity contribution in [3.8, 4) is 0 Å². The minimum absolute atomic E-state index is 0.0384. The Balaban J connectivity index is 2.18. The van der Waals surface area contributed by atoms with Gasteiger partial charge in [-0.15, -0.1) is 10.2 Å². The van der Waals surface area contributed by atoms with Crippen LogP contribution in [0.4, 0.5) is 16.0 Å². The van der Waals surface area contributed by atoms with Crippen LogP contribution in [0.3, 0.4) is 0 Å². The first-order valence-electron chi connectivity index (χ1n) is 6.83. The smallest absolute Gasteiger partial charge is 0.263 e. The molecule has 0 atom stereocenters. The number of aromatic nitrogens is 2. The first kappa shape index (κ1) is 16.2. The lowest BCUT2D eigenvalue weighted by molar-refractivity contribution is 0.599. The van der Waals surface area contributed by atoms with Crippen molar-refractivity contribution in [1.29, 1.82) is 0 Å². The molecular formula is C14H17FN4O2S. The van der Waals surface area contributed by atoms with Gasteiger partial charge in [-0.2, -0.15) is 0 Å². The molecule has 118 valence electrons. The van der Waals surface area contributed by atoms with Gasteiger partial charge in [-0.05, 0) is 50.2 Å². The van der Waals surface area contributed by atoms with E-state index in [-0.39, 0.29) is 10.7 Å². The van der Waals surface area contributed by atoms with E-state index in [2.05, 4.69) is 14.9 Å². The molecule has 1 N–H and O–H groups in total. The van der Waals surface area contributed by atoms with Crippen molar-refractivity contribution < 1.29 is 12.8 Å². The Labute approximate surface area is 129 Å². The largest absolute Gasteiger partial charge is 0.356 e. The van der Waals surface area contributed by atoms with Gasteiger partial charge in [0, 0.05) is 13.1 Å². The molecule has 6 nitrogen and oxygen atoms in total. The van der Waals surface area contributed by atoms with E-state index >= 15 is 0 Å². The number of halogens is 1. The SMILES string of the molecule is CCN(CC)c1ccc(NS(=O)(=O)c2ccc(F)cc2)nn1. The van der Waals surface area contributed by atoms with Gasteiger partial charge < -0.3 is 4.90 Å². The third-order valence-electron chi connectivity index (χ3n) is 3.10. The third-order valence-corrected chi connectivity index (χ3v) is 4.47. The van der Waals surface area contributed by atoms with Gasteiger partial charge in [0.15, 0.2) is 11.6 Å². The molecule has 22 heavy (non-hydrogen) atoms. The molecule has 0 unspecified atom stereocenters. The van der Waals surface area contributed by atoms with Crippen LogP contribution in [0.5, 0.6) is 0 Å². The van der Waals surface area contributed by atoms with E-state index in [1.54, 1.807) is 12.1 Å². The number of nitrogens with one attached hydrogen (secondary N) is 1. The number of rotatable bonds is 6. The average Bonchev–Trinajstić information content (AvgIpc) is 2.50. The molecule has 0 bridgehead atoms. The topological polar surface area (TPSA) is 75.2 Å². The highest BCUT2D eigenvalue weighted by molar-refractivity contribution is 7.92. The van der Waals surface area contributed by atoms with Gasteiger partial charge >= 0.3 is 0 Å². The first-order chi connectivity index (χ1) is 10.5. The van der Waals surface area contributed by atoms with Crippen molar-refractivity contribution in [1.82, 2.24) is 10.2 Å². The lowest BCUT2D eigenvalue weighted by Crippen LogP contribution is -2.23. The molecule has 0 radical (unpaired) electrons. The highest BCUT2D eigenvalue weighted by atomic mass is 32.2. The fourth-order valence-electron chi connectivity index (χ4n) is 1.91. The molecule has 0 amide bonds. The number of hydrogen-bond acceptors (Lipinski definition) is 5. The van der Waals surface area contributed by atoms with E-state index in [4.69, 9.17) is 0 Å². The lowest BCUT2D eigenvalue weighted by Gasteiger charge is -2.18. The molecule has 0 aliphatic rings. The Hall–Kier alpha value is -2.22. The monoisotopic (exact) mass is 324 g/mol. The molecule has 0 spiro atoms. The fourth-order valence-corrected chi connectivity index (χ4v) is 2.90. The molecule has 0 fully saturated rings. The van der Waals surface area contributed by atoms with Gasteiger partial charge in [-0.25, -0.2) is 12.8 Å². The van der Waals surface area contributed by atoms with Crippen LogP contribution in [0.1, 0.15) is 13.8 Å². The summed E-state index contributed by atoms with van der Waals surface area (Å²) in [6.07, 6.45) is 0. The Bertz CT molecular complexity index is 714. The maximum absolute atomic E-state index is 12.8. The molecule has 0 saturated carbocycles. The minimum atomic E-state index is -3.81. The molecule has 0 saturated heterocycles. The van der Waals surface area contributed by atoms with E-state index in [1.807, 2.05) is 18.7 Å². The second-order valence-corrected chi connectivity index (χ2v) is 6.19. The molecule has 1 aromatic carbocycles. The summed E-state index contributed by atoms with van der Waals surface area (Å²) >= 11 is 0. The molecule has 2 rings (SSSR count). The molecule has 1 heterocycles. The van der Waals surface area contributed by atoms with Crippen LogP contribution < -0.4 is 9.62 Å². The van der Waals surface area contributed by atoms with Gasteiger partial charge in [0.05, 0.1) is 4.90 Å². The number of anilines is 2. The molecule has 1 aromatic heterocycles. The van der Waals surface area contributed by atoms with E-state index in [0.717, 1.165) is 25.2 Å². The summed E-state index contributed by atoms with van der Waals surface area (Å²) in [5.41, 5.74) is 0. The van der Waals surface area contributed by atoms with E-state index < -0.39 is 15.8 Å². The minimum Gasteiger partial charge on any atom is -0.356 e. The zero-order chi connectivity index (χ0) is 16.2. The summed E-state index contributed by atoms with van der Waals surface area (Å²) in [7, 11) is -3.81. The first-order valence-corrected chi connectivity index (χ1v) is 8.31. The number of nitrogens with zero attached hydrogens (tertiary/aromatic N) is 3. The van der Waals surface area contributed by atoms with Crippen LogP contribution in [0, 0.1) is 5.82 Å². The molecule has 2 aromatic rings. The summed E-state index contributed by atoms with van der Waals surface area (Å²) in [5.74, 6) is 0.289. The van der Waals surface area contributed by atoms with Crippen molar-refractivity contribution in [2.45, 2.75) is 18.7 Å². The molecule has 8 heteroatoms. The third kappa shape index (κ3) is 3.70. The number of benzene rings is 1. The van der Waals surface area contributed by atoms with Crippen molar-refractivity contribution in [3.05, 3.63) is 42.2 Å². The molecule has 0 aliphatic carbocycles. The van der Waals surface area contributed by atoms with Crippen molar-refractivity contribution >= 4 is 21.7 Å². The quantitative estimate of drug-likeness (QED) is 0.882. The van der Waals surface area contributed by atoms with Gasteiger partial charge in [0.2, 0.25) is 0 Å².